The Balaban J connectivity index is 0.00000144. The van der Waals surface area contributed by atoms with Gasteiger partial charge in [0.15, 0.2) is 0 Å². The molecule has 0 radical (unpaired) electrons. The molecule has 1 aliphatic carbocycles. The normalized spacial score (nSPS) is 28.2. The summed E-state index contributed by atoms with van der Waals surface area (Å²) in [5, 5.41) is 3.14. The third-order valence-electron chi connectivity index (χ3n) is 2.44. The van der Waals surface area contributed by atoms with Crippen LogP contribution in [0.4, 0.5) is 0 Å². The van der Waals surface area contributed by atoms with Gasteiger partial charge in [-0.3, -0.25) is 4.79 Å². The Bertz CT molecular complexity index is 171. The molecule has 1 amide bonds. The smallest absolute Gasteiger partial charge is 0.233 e. The second-order valence-electron chi connectivity index (χ2n) is 3.66. The number of nitrogens with one attached hydrogen (secondary N) is 1. The number of hydrogen-bond acceptors (Lipinski definition) is 2. The molecule has 13 heavy (non-hydrogen) atoms. The molecule has 1 atom stereocenters. The van der Waals surface area contributed by atoms with Crippen LogP contribution in [0.25, 0.3) is 0 Å². The standard InChI is InChI=1S/C9H17NOS.ClH/c1-6-4-8(5-6)10-9(11)7(2)12-3;/h6-8H,4-5H2,1-3H3,(H,10,11);1H. The van der Waals surface area contributed by atoms with Gasteiger partial charge in [-0.1, -0.05) is 6.92 Å². The number of amides is 1. The molecule has 1 aliphatic rings. The zero-order chi connectivity index (χ0) is 9.14. The van der Waals surface area contributed by atoms with Gasteiger partial charge in [-0.2, -0.15) is 11.8 Å². The zero-order valence-corrected chi connectivity index (χ0v) is 10.0. The van der Waals surface area contributed by atoms with Crippen molar-refractivity contribution in [2.24, 2.45) is 5.92 Å². The van der Waals surface area contributed by atoms with E-state index >= 15 is 0 Å². The molecule has 78 valence electrons. The van der Waals surface area contributed by atoms with Gasteiger partial charge in [-0.05, 0) is 31.9 Å². The molecule has 0 aromatic rings. The summed E-state index contributed by atoms with van der Waals surface area (Å²) in [5.41, 5.74) is 0. The Kier molecular flexibility index (Phi) is 5.81. The van der Waals surface area contributed by atoms with Crippen molar-refractivity contribution < 1.29 is 4.79 Å². The van der Waals surface area contributed by atoms with Crippen molar-refractivity contribution in [1.82, 2.24) is 5.32 Å². The lowest BCUT2D eigenvalue weighted by molar-refractivity contribution is -0.121. The van der Waals surface area contributed by atoms with Gasteiger partial charge in [0.05, 0.1) is 5.25 Å². The van der Waals surface area contributed by atoms with Gasteiger partial charge in [-0.15, -0.1) is 12.4 Å². The van der Waals surface area contributed by atoms with Gasteiger partial charge in [0.1, 0.15) is 0 Å². The Morgan fingerprint density at radius 1 is 1.54 bits per heavy atom. The maximum atomic E-state index is 11.4. The van der Waals surface area contributed by atoms with Gasteiger partial charge in [-0.25, -0.2) is 0 Å². The summed E-state index contributed by atoms with van der Waals surface area (Å²) >= 11 is 1.60. The van der Waals surface area contributed by atoms with E-state index < -0.39 is 0 Å². The van der Waals surface area contributed by atoms with Crippen LogP contribution < -0.4 is 5.32 Å². The zero-order valence-electron chi connectivity index (χ0n) is 8.37. The van der Waals surface area contributed by atoms with E-state index in [-0.39, 0.29) is 23.6 Å². The predicted molar refractivity (Wildman–Crippen MR) is 60.6 cm³/mol. The van der Waals surface area contributed by atoms with Gasteiger partial charge in [0, 0.05) is 6.04 Å². The molecular formula is C9H18ClNOS. The van der Waals surface area contributed by atoms with Gasteiger partial charge < -0.3 is 5.32 Å². The van der Waals surface area contributed by atoms with Crippen LogP contribution in [-0.2, 0) is 4.79 Å². The van der Waals surface area contributed by atoms with Gasteiger partial charge in [0.2, 0.25) is 5.91 Å². The summed E-state index contributed by atoms with van der Waals surface area (Å²) < 4.78 is 0. The summed E-state index contributed by atoms with van der Waals surface area (Å²) in [6.07, 6.45) is 4.29. The number of halogens is 1. The molecule has 0 aromatic heterocycles. The van der Waals surface area contributed by atoms with Crippen molar-refractivity contribution >= 4 is 30.1 Å². The van der Waals surface area contributed by atoms with Crippen molar-refractivity contribution in [2.45, 2.75) is 38.0 Å². The molecule has 1 N–H and O–H groups in total. The lowest BCUT2D eigenvalue weighted by atomic mass is 9.82. The largest absolute Gasteiger partial charge is 0.352 e. The first-order chi connectivity index (χ1) is 5.63. The minimum absolute atomic E-state index is 0. The minimum atomic E-state index is 0. The molecule has 0 heterocycles. The van der Waals surface area contributed by atoms with Crippen LogP contribution in [0.3, 0.4) is 0 Å². The predicted octanol–water partition coefficient (Wildman–Crippen LogP) is 2.07. The maximum Gasteiger partial charge on any atom is 0.233 e. The fourth-order valence-corrected chi connectivity index (χ4v) is 1.73. The molecule has 0 aromatic carbocycles. The van der Waals surface area contributed by atoms with Crippen LogP contribution in [0.15, 0.2) is 0 Å². The molecule has 0 bridgehead atoms. The lowest BCUT2D eigenvalue weighted by Crippen LogP contribution is -2.46. The first-order valence-corrected chi connectivity index (χ1v) is 5.75. The number of rotatable bonds is 3. The van der Waals surface area contributed by atoms with Crippen LogP contribution in [0.1, 0.15) is 26.7 Å². The molecular weight excluding hydrogens is 206 g/mol. The monoisotopic (exact) mass is 223 g/mol. The van der Waals surface area contributed by atoms with Gasteiger partial charge >= 0.3 is 0 Å². The Hall–Kier alpha value is 0.110. The van der Waals surface area contributed by atoms with Crippen molar-refractivity contribution in [1.29, 1.82) is 0 Å². The van der Waals surface area contributed by atoms with E-state index in [4.69, 9.17) is 0 Å². The minimum Gasteiger partial charge on any atom is -0.352 e. The summed E-state index contributed by atoms with van der Waals surface area (Å²) in [6, 6.07) is 0.460. The average molecular weight is 224 g/mol. The van der Waals surface area contributed by atoms with Crippen molar-refractivity contribution in [3.63, 3.8) is 0 Å². The highest BCUT2D eigenvalue weighted by atomic mass is 35.5. The average Bonchev–Trinajstić information content (AvgIpc) is 2.00. The van der Waals surface area contributed by atoms with Crippen LogP contribution in [0.2, 0.25) is 0 Å². The third kappa shape index (κ3) is 3.77. The second-order valence-corrected chi connectivity index (χ2v) is 4.84. The van der Waals surface area contributed by atoms with Crippen LogP contribution in [0.5, 0.6) is 0 Å². The summed E-state index contributed by atoms with van der Waals surface area (Å²) in [4.78, 5) is 11.4. The summed E-state index contributed by atoms with van der Waals surface area (Å²) in [7, 11) is 0. The fraction of sp³-hybridized carbons (Fsp3) is 0.889. The van der Waals surface area contributed by atoms with Crippen LogP contribution >= 0.6 is 24.2 Å². The van der Waals surface area contributed by atoms with E-state index in [2.05, 4.69) is 12.2 Å². The van der Waals surface area contributed by atoms with E-state index in [0.29, 0.717) is 6.04 Å². The summed E-state index contributed by atoms with van der Waals surface area (Å²) in [6.45, 7) is 4.17. The molecule has 1 unspecified atom stereocenters. The summed E-state index contributed by atoms with van der Waals surface area (Å²) in [5.74, 6) is 0.999. The topological polar surface area (TPSA) is 29.1 Å². The molecule has 0 saturated heterocycles. The van der Waals surface area contributed by atoms with Crippen LogP contribution in [0, 0.1) is 5.92 Å². The second kappa shape index (κ2) is 5.76. The third-order valence-corrected chi connectivity index (χ3v) is 3.36. The first kappa shape index (κ1) is 13.1. The highest BCUT2D eigenvalue weighted by molar-refractivity contribution is 7.99. The number of carbonyl (C=O) groups excluding carboxylic acids is 1. The lowest BCUT2D eigenvalue weighted by Gasteiger charge is -2.33. The Morgan fingerprint density at radius 3 is 2.46 bits per heavy atom. The van der Waals surface area contributed by atoms with Crippen LogP contribution in [-0.4, -0.2) is 23.5 Å². The van der Waals surface area contributed by atoms with E-state index in [9.17, 15) is 4.79 Å². The van der Waals surface area contributed by atoms with E-state index in [1.54, 1.807) is 11.8 Å². The SMILES string of the molecule is CSC(C)C(=O)NC1CC(C)C1.Cl. The van der Waals surface area contributed by atoms with Crippen molar-refractivity contribution in [3.05, 3.63) is 0 Å². The fourth-order valence-electron chi connectivity index (χ4n) is 1.45. The quantitative estimate of drug-likeness (QED) is 0.794. The molecule has 2 nitrogen and oxygen atoms in total. The Labute approximate surface area is 90.6 Å². The van der Waals surface area contributed by atoms with E-state index in [1.807, 2.05) is 13.2 Å². The molecule has 4 heteroatoms. The number of thioether (sulfide) groups is 1. The number of carbonyl (C=O) groups is 1. The highest BCUT2D eigenvalue weighted by Gasteiger charge is 2.27. The van der Waals surface area contributed by atoms with E-state index in [0.717, 1.165) is 18.8 Å². The molecule has 1 rings (SSSR count). The maximum absolute atomic E-state index is 11.4. The van der Waals surface area contributed by atoms with Gasteiger partial charge in [0.25, 0.3) is 0 Å². The highest BCUT2D eigenvalue weighted by Crippen LogP contribution is 2.26. The van der Waals surface area contributed by atoms with Crippen molar-refractivity contribution in [3.8, 4) is 0 Å². The molecule has 0 spiro atoms. The molecule has 1 fully saturated rings. The Morgan fingerprint density at radius 2 is 2.08 bits per heavy atom. The van der Waals surface area contributed by atoms with E-state index in [1.165, 1.54) is 0 Å². The first-order valence-electron chi connectivity index (χ1n) is 4.46. The van der Waals surface area contributed by atoms with Crippen molar-refractivity contribution in [2.75, 3.05) is 6.26 Å². The molecule has 0 aliphatic heterocycles. The number of hydrogen-bond donors (Lipinski definition) is 1. The molecule has 1 saturated carbocycles.